The predicted molar refractivity (Wildman–Crippen MR) is 80.2 cm³/mol. The van der Waals surface area contributed by atoms with Crippen LogP contribution in [0, 0.1) is 0 Å². The summed E-state index contributed by atoms with van der Waals surface area (Å²) in [4.78, 5) is 12.3. The minimum absolute atomic E-state index is 0.0979. The fraction of sp³-hybridized carbons (Fsp3) is 0.188. The van der Waals surface area contributed by atoms with Crippen LogP contribution in [0.25, 0.3) is 0 Å². The molecule has 0 saturated carbocycles. The van der Waals surface area contributed by atoms with Gasteiger partial charge in [0.15, 0.2) is 5.78 Å². The van der Waals surface area contributed by atoms with Gasteiger partial charge < -0.3 is 0 Å². The first kappa shape index (κ1) is 14.1. The van der Waals surface area contributed by atoms with Crippen LogP contribution >= 0.6 is 23.2 Å². The molecule has 2 rings (SSSR count). The first-order chi connectivity index (χ1) is 9.13. The van der Waals surface area contributed by atoms with Crippen LogP contribution in [0.1, 0.15) is 33.8 Å². The molecule has 0 heterocycles. The minimum atomic E-state index is -0.660. The topological polar surface area (TPSA) is 17.1 Å². The summed E-state index contributed by atoms with van der Waals surface area (Å²) in [6.07, 6.45) is 0.790. The molecule has 0 N–H and O–H groups in total. The number of halogens is 2. The van der Waals surface area contributed by atoms with Crippen molar-refractivity contribution in [3.05, 3.63) is 70.2 Å². The molecule has 0 bridgehead atoms. The van der Waals surface area contributed by atoms with Gasteiger partial charge in [-0.3, -0.25) is 4.79 Å². The molecule has 1 unspecified atom stereocenters. The Kier molecular flexibility index (Phi) is 4.62. The van der Waals surface area contributed by atoms with Gasteiger partial charge in [0.1, 0.15) is 5.38 Å². The molecular weight excluding hydrogens is 279 g/mol. The zero-order chi connectivity index (χ0) is 13.8. The average molecular weight is 293 g/mol. The van der Waals surface area contributed by atoms with Gasteiger partial charge in [0.05, 0.1) is 0 Å². The van der Waals surface area contributed by atoms with E-state index in [-0.39, 0.29) is 5.78 Å². The Morgan fingerprint density at radius 3 is 2.47 bits per heavy atom. The number of aryl methyl sites for hydroxylation is 1. The van der Waals surface area contributed by atoms with Gasteiger partial charge in [-0.25, -0.2) is 0 Å². The highest BCUT2D eigenvalue weighted by atomic mass is 35.5. The summed E-state index contributed by atoms with van der Waals surface area (Å²) in [7, 11) is 0. The number of ketones is 1. The zero-order valence-electron chi connectivity index (χ0n) is 10.6. The van der Waals surface area contributed by atoms with Crippen LogP contribution in [0.4, 0.5) is 0 Å². The highest BCUT2D eigenvalue weighted by molar-refractivity contribution is 6.34. The molecule has 0 spiro atoms. The molecule has 0 amide bonds. The van der Waals surface area contributed by atoms with E-state index in [1.54, 1.807) is 12.1 Å². The van der Waals surface area contributed by atoms with Gasteiger partial charge in [-0.05, 0) is 35.7 Å². The molecule has 0 saturated heterocycles. The predicted octanol–water partition coefficient (Wildman–Crippen LogP) is 5.07. The number of alkyl halides is 1. The third kappa shape index (κ3) is 3.17. The summed E-state index contributed by atoms with van der Waals surface area (Å²) in [5, 5.41) is 0.0250. The van der Waals surface area contributed by atoms with E-state index in [1.165, 1.54) is 0 Å². The largest absolute Gasteiger partial charge is 0.292 e. The van der Waals surface area contributed by atoms with E-state index >= 15 is 0 Å². The van der Waals surface area contributed by atoms with Crippen molar-refractivity contribution in [3.63, 3.8) is 0 Å². The second-order valence-corrected chi connectivity index (χ2v) is 5.14. The van der Waals surface area contributed by atoms with E-state index < -0.39 is 5.38 Å². The van der Waals surface area contributed by atoms with Crippen molar-refractivity contribution >= 4 is 29.0 Å². The molecule has 1 nitrogen and oxygen atoms in total. The lowest BCUT2D eigenvalue weighted by Gasteiger charge is -2.10. The van der Waals surface area contributed by atoms with Crippen molar-refractivity contribution < 1.29 is 4.79 Å². The number of benzene rings is 2. The van der Waals surface area contributed by atoms with E-state index in [0.717, 1.165) is 17.5 Å². The van der Waals surface area contributed by atoms with Crippen molar-refractivity contribution in [2.24, 2.45) is 0 Å². The number of carbonyl (C=O) groups is 1. The smallest absolute Gasteiger partial charge is 0.185 e. The molecule has 1 atom stereocenters. The lowest BCUT2D eigenvalue weighted by molar-refractivity contribution is 0.0987. The van der Waals surface area contributed by atoms with Gasteiger partial charge in [-0.15, -0.1) is 11.6 Å². The maximum atomic E-state index is 12.3. The molecule has 2 aromatic rings. The van der Waals surface area contributed by atoms with Gasteiger partial charge in [-0.2, -0.15) is 0 Å². The van der Waals surface area contributed by atoms with Gasteiger partial charge in [-0.1, -0.05) is 48.9 Å². The monoisotopic (exact) mass is 292 g/mol. The van der Waals surface area contributed by atoms with Gasteiger partial charge in [0, 0.05) is 10.6 Å². The lowest BCUT2D eigenvalue weighted by atomic mass is 10.00. The summed E-state index contributed by atoms with van der Waals surface area (Å²) in [6.45, 7) is 2.00. The van der Waals surface area contributed by atoms with Crippen LogP contribution in [0.2, 0.25) is 5.02 Å². The normalized spacial score (nSPS) is 12.2. The lowest BCUT2D eigenvalue weighted by Crippen LogP contribution is -2.08. The molecule has 0 aliphatic rings. The van der Waals surface area contributed by atoms with Crippen LogP contribution in [0.3, 0.4) is 0 Å². The van der Waals surface area contributed by atoms with E-state index in [2.05, 4.69) is 0 Å². The quantitative estimate of drug-likeness (QED) is 0.568. The van der Waals surface area contributed by atoms with Crippen LogP contribution in [-0.4, -0.2) is 5.78 Å². The van der Waals surface area contributed by atoms with Gasteiger partial charge in [0.2, 0.25) is 0 Å². The molecule has 0 aliphatic carbocycles. The molecule has 2 aromatic carbocycles. The maximum absolute atomic E-state index is 12.3. The Morgan fingerprint density at radius 2 is 1.84 bits per heavy atom. The second-order valence-electron chi connectivity index (χ2n) is 4.30. The van der Waals surface area contributed by atoms with Crippen molar-refractivity contribution in [2.75, 3.05) is 0 Å². The third-order valence-corrected chi connectivity index (χ3v) is 3.85. The maximum Gasteiger partial charge on any atom is 0.185 e. The molecule has 98 valence electrons. The standard InChI is InChI=1S/C16H14Cl2O/c1-2-11-10-13(8-9-14(11)17)16(19)15(18)12-6-4-3-5-7-12/h3-10,15H,2H2,1H3. The Bertz CT molecular complexity index is 579. The van der Waals surface area contributed by atoms with E-state index in [9.17, 15) is 4.79 Å². The SMILES string of the molecule is CCc1cc(C(=O)C(Cl)c2ccccc2)ccc1Cl. The van der Waals surface area contributed by atoms with Gasteiger partial charge in [0.25, 0.3) is 0 Å². The summed E-state index contributed by atoms with van der Waals surface area (Å²) in [5.74, 6) is -0.0979. The fourth-order valence-electron chi connectivity index (χ4n) is 1.92. The van der Waals surface area contributed by atoms with Crippen LogP contribution in [0.15, 0.2) is 48.5 Å². The van der Waals surface area contributed by atoms with E-state index in [4.69, 9.17) is 23.2 Å². The van der Waals surface area contributed by atoms with Crippen molar-refractivity contribution in [3.8, 4) is 0 Å². The van der Waals surface area contributed by atoms with Crippen molar-refractivity contribution in [2.45, 2.75) is 18.7 Å². The Hall–Kier alpha value is -1.31. The molecule has 0 aromatic heterocycles. The van der Waals surface area contributed by atoms with Crippen LogP contribution in [0.5, 0.6) is 0 Å². The summed E-state index contributed by atoms with van der Waals surface area (Å²) in [6, 6.07) is 14.6. The summed E-state index contributed by atoms with van der Waals surface area (Å²) in [5.41, 5.74) is 2.37. The van der Waals surface area contributed by atoms with E-state index in [1.807, 2.05) is 43.3 Å². The average Bonchev–Trinajstić information content (AvgIpc) is 2.47. The first-order valence-electron chi connectivity index (χ1n) is 6.15. The summed E-state index contributed by atoms with van der Waals surface area (Å²) < 4.78 is 0. The fourth-order valence-corrected chi connectivity index (χ4v) is 2.44. The Labute approximate surface area is 123 Å². The Morgan fingerprint density at radius 1 is 1.16 bits per heavy atom. The van der Waals surface area contributed by atoms with Crippen LogP contribution < -0.4 is 0 Å². The molecule has 0 radical (unpaired) electrons. The molecular formula is C16H14Cl2O. The number of hydrogen-bond acceptors (Lipinski definition) is 1. The second kappa shape index (κ2) is 6.23. The molecule has 0 fully saturated rings. The number of carbonyl (C=O) groups excluding carboxylic acids is 1. The number of hydrogen-bond donors (Lipinski definition) is 0. The number of rotatable bonds is 4. The highest BCUT2D eigenvalue weighted by Crippen LogP contribution is 2.27. The van der Waals surface area contributed by atoms with Gasteiger partial charge >= 0.3 is 0 Å². The first-order valence-corrected chi connectivity index (χ1v) is 6.96. The highest BCUT2D eigenvalue weighted by Gasteiger charge is 2.19. The van der Waals surface area contributed by atoms with Crippen LogP contribution in [-0.2, 0) is 6.42 Å². The van der Waals surface area contributed by atoms with E-state index in [0.29, 0.717) is 10.6 Å². The Balaban J connectivity index is 2.29. The number of Topliss-reactive ketones (excluding diaryl/α,β-unsaturated/α-hetero) is 1. The molecule has 0 aliphatic heterocycles. The molecule has 3 heteroatoms. The third-order valence-electron chi connectivity index (χ3n) is 3.03. The summed E-state index contributed by atoms with van der Waals surface area (Å²) >= 11 is 12.3. The molecule has 19 heavy (non-hydrogen) atoms. The van der Waals surface area contributed by atoms with Crippen molar-refractivity contribution in [1.29, 1.82) is 0 Å². The zero-order valence-corrected chi connectivity index (χ0v) is 12.1. The van der Waals surface area contributed by atoms with Crippen molar-refractivity contribution in [1.82, 2.24) is 0 Å². The minimum Gasteiger partial charge on any atom is -0.292 e.